The average molecular weight is 413 g/mol. The molecule has 2 N–H and O–H groups in total. The second-order valence-electron chi connectivity index (χ2n) is 7.15. The summed E-state index contributed by atoms with van der Waals surface area (Å²) in [6.07, 6.45) is -1.65. The number of rotatable bonds is 4. The van der Waals surface area contributed by atoms with E-state index in [1.54, 1.807) is 0 Å². The normalized spacial score (nSPS) is 26.6. The minimum absolute atomic E-state index is 0.449. The Hall–Kier alpha value is -3.08. The number of carbonyl (C=O) groups is 4. The molecule has 1 aromatic carbocycles. The second-order valence-corrected chi connectivity index (χ2v) is 7.15. The van der Waals surface area contributed by atoms with E-state index >= 15 is 0 Å². The van der Waals surface area contributed by atoms with Crippen LogP contribution in [0, 0.1) is 23.5 Å². The van der Waals surface area contributed by atoms with Gasteiger partial charge in [-0.3, -0.25) is 14.4 Å². The van der Waals surface area contributed by atoms with E-state index in [1.807, 2.05) is 5.32 Å². The molecule has 0 aromatic heterocycles. The van der Waals surface area contributed by atoms with Gasteiger partial charge in [0, 0.05) is 19.4 Å². The van der Waals surface area contributed by atoms with Gasteiger partial charge in [0.05, 0.1) is 19.1 Å². The Labute approximate surface area is 162 Å². The zero-order valence-corrected chi connectivity index (χ0v) is 15.4. The van der Waals surface area contributed by atoms with E-state index in [1.165, 1.54) is 13.8 Å². The first kappa shape index (κ1) is 20.6. The van der Waals surface area contributed by atoms with Crippen molar-refractivity contribution in [2.45, 2.75) is 25.2 Å². The molecule has 0 radical (unpaired) electrons. The Balaban J connectivity index is 2.06. The fraction of sp³-hybridized carbons (Fsp3) is 0.444. The van der Waals surface area contributed by atoms with Crippen LogP contribution in [0.1, 0.15) is 19.4 Å². The Morgan fingerprint density at radius 3 is 2.38 bits per heavy atom. The minimum atomic E-state index is -2.07. The molecular weight excluding hydrogens is 396 g/mol. The van der Waals surface area contributed by atoms with Crippen LogP contribution in [0.5, 0.6) is 0 Å². The molecule has 3 rings (SSSR count). The highest BCUT2D eigenvalue weighted by molar-refractivity contribution is 6.17. The van der Waals surface area contributed by atoms with E-state index in [2.05, 4.69) is 0 Å². The number of nitrogens with one attached hydrogen (secondary N) is 1. The van der Waals surface area contributed by atoms with Gasteiger partial charge >= 0.3 is 18.0 Å². The lowest BCUT2D eigenvalue weighted by Crippen LogP contribution is -2.57. The molecule has 0 spiro atoms. The standard InChI is InChI=1S/C18H17F2NO8/c1-17(2)28-14(23)11(15(24)29-17)13(22)9-6-27-7-18(9,21-16(25)26)8-4-3-5-10(19)12(8)20/h3-5,9,11,21H,6-7H2,1-2H3,(H,25,26)/t9-,18+/m0/s1. The Kier molecular flexibility index (Phi) is 5.03. The number of esters is 2. The van der Waals surface area contributed by atoms with Crippen molar-refractivity contribution in [1.29, 1.82) is 0 Å². The molecule has 2 saturated heterocycles. The van der Waals surface area contributed by atoms with Crippen LogP contribution in [0.3, 0.4) is 0 Å². The van der Waals surface area contributed by atoms with E-state index in [0.717, 1.165) is 18.2 Å². The number of hydrogen-bond acceptors (Lipinski definition) is 7. The van der Waals surface area contributed by atoms with E-state index in [-0.39, 0.29) is 0 Å². The van der Waals surface area contributed by atoms with E-state index in [0.29, 0.717) is 0 Å². The van der Waals surface area contributed by atoms with Crippen molar-refractivity contribution in [3.05, 3.63) is 35.4 Å². The lowest BCUT2D eigenvalue weighted by Gasteiger charge is -2.37. The summed E-state index contributed by atoms with van der Waals surface area (Å²) < 4.78 is 43.4. The number of ketones is 1. The van der Waals surface area contributed by atoms with Crippen molar-refractivity contribution >= 4 is 23.8 Å². The van der Waals surface area contributed by atoms with Crippen LogP contribution in [0.4, 0.5) is 13.6 Å². The highest BCUT2D eigenvalue weighted by atomic mass is 19.2. The Morgan fingerprint density at radius 1 is 1.17 bits per heavy atom. The largest absolute Gasteiger partial charge is 0.465 e. The van der Waals surface area contributed by atoms with Gasteiger partial charge in [0.1, 0.15) is 5.54 Å². The van der Waals surface area contributed by atoms with Crippen molar-refractivity contribution in [3.63, 3.8) is 0 Å². The van der Waals surface area contributed by atoms with Gasteiger partial charge in [0.25, 0.3) is 5.79 Å². The highest BCUT2D eigenvalue weighted by Gasteiger charge is 2.58. The predicted octanol–water partition coefficient (Wildman–Crippen LogP) is 1.10. The first-order valence-corrected chi connectivity index (χ1v) is 8.51. The topological polar surface area (TPSA) is 128 Å². The average Bonchev–Trinajstić information content (AvgIpc) is 2.99. The maximum absolute atomic E-state index is 14.5. The van der Waals surface area contributed by atoms with Crippen LogP contribution in [0.2, 0.25) is 0 Å². The maximum Gasteiger partial charge on any atom is 0.405 e. The third kappa shape index (κ3) is 3.53. The molecule has 156 valence electrons. The summed E-state index contributed by atoms with van der Waals surface area (Å²) >= 11 is 0. The summed E-state index contributed by atoms with van der Waals surface area (Å²) in [5.74, 6) is -11.3. The summed E-state index contributed by atoms with van der Waals surface area (Å²) in [5.41, 5.74) is -2.56. The first-order valence-electron chi connectivity index (χ1n) is 8.51. The number of halogens is 2. The third-order valence-corrected chi connectivity index (χ3v) is 4.76. The fourth-order valence-electron chi connectivity index (χ4n) is 3.55. The van der Waals surface area contributed by atoms with Crippen molar-refractivity contribution < 1.29 is 47.3 Å². The number of benzene rings is 1. The monoisotopic (exact) mass is 413 g/mol. The first-order chi connectivity index (χ1) is 13.5. The number of hydrogen-bond donors (Lipinski definition) is 2. The molecule has 0 unspecified atom stereocenters. The van der Waals surface area contributed by atoms with Crippen molar-refractivity contribution in [3.8, 4) is 0 Å². The van der Waals surface area contributed by atoms with Gasteiger partial charge in [-0.2, -0.15) is 0 Å². The zero-order valence-electron chi connectivity index (χ0n) is 15.4. The fourth-order valence-corrected chi connectivity index (χ4v) is 3.55. The lowest BCUT2D eigenvalue weighted by atomic mass is 9.75. The molecule has 2 heterocycles. The van der Waals surface area contributed by atoms with Gasteiger partial charge in [-0.25, -0.2) is 13.6 Å². The van der Waals surface area contributed by atoms with Gasteiger partial charge in [0.2, 0.25) is 5.92 Å². The van der Waals surface area contributed by atoms with Crippen LogP contribution < -0.4 is 5.32 Å². The maximum atomic E-state index is 14.5. The zero-order chi connectivity index (χ0) is 21.6. The molecule has 2 aliphatic heterocycles. The number of carboxylic acid groups (broad SMARTS) is 1. The molecule has 2 aliphatic rings. The second kappa shape index (κ2) is 7.07. The molecule has 1 amide bonds. The van der Waals surface area contributed by atoms with Gasteiger partial charge in [-0.15, -0.1) is 0 Å². The number of cyclic esters (lactones) is 2. The van der Waals surface area contributed by atoms with Crippen molar-refractivity contribution in [2.75, 3.05) is 13.2 Å². The van der Waals surface area contributed by atoms with Gasteiger partial charge in [-0.1, -0.05) is 12.1 Å². The minimum Gasteiger partial charge on any atom is -0.465 e. The van der Waals surface area contributed by atoms with Gasteiger partial charge < -0.3 is 24.6 Å². The molecule has 0 bridgehead atoms. The van der Waals surface area contributed by atoms with Crippen LogP contribution in [0.15, 0.2) is 18.2 Å². The van der Waals surface area contributed by atoms with Gasteiger partial charge in [-0.05, 0) is 6.07 Å². The molecule has 29 heavy (non-hydrogen) atoms. The summed E-state index contributed by atoms with van der Waals surface area (Å²) in [7, 11) is 0. The lowest BCUT2D eigenvalue weighted by molar-refractivity contribution is -0.238. The quantitative estimate of drug-likeness (QED) is 0.555. The Morgan fingerprint density at radius 2 is 1.79 bits per heavy atom. The van der Waals surface area contributed by atoms with Crippen molar-refractivity contribution in [2.24, 2.45) is 11.8 Å². The predicted molar refractivity (Wildman–Crippen MR) is 88.3 cm³/mol. The summed E-state index contributed by atoms with van der Waals surface area (Å²) in [4.78, 5) is 49.0. The smallest absolute Gasteiger partial charge is 0.405 e. The SMILES string of the molecule is CC1(C)OC(=O)C(C(=O)[C@@H]2COC[C@@]2(NC(=O)O)c2cccc(F)c2F)C(=O)O1. The highest BCUT2D eigenvalue weighted by Crippen LogP contribution is 2.40. The van der Waals surface area contributed by atoms with Crippen LogP contribution >= 0.6 is 0 Å². The molecule has 9 nitrogen and oxygen atoms in total. The van der Waals surface area contributed by atoms with Crippen molar-refractivity contribution in [1.82, 2.24) is 5.32 Å². The number of amides is 1. The number of ether oxygens (including phenoxy) is 3. The molecule has 11 heteroatoms. The molecule has 2 fully saturated rings. The van der Waals surface area contributed by atoms with Crippen LogP contribution in [-0.2, 0) is 34.1 Å². The summed E-state index contributed by atoms with van der Waals surface area (Å²) in [5, 5.41) is 11.3. The van der Waals surface area contributed by atoms with E-state index < -0.39 is 77.4 Å². The van der Waals surface area contributed by atoms with E-state index in [4.69, 9.17) is 14.2 Å². The molecule has 0 aliphatic carbocycles. The Bertz CT molecular complexity index is 882. The number of Topliss-reactive ketones (excluding diaryl/α,β-unsaturated/α-hetero) is 1. The third-order valence-electron chi connectivity index (χ3n) is 4.76. The van der Waals surface area contributed by atoms with Crippen LogP contribution in [-0.4, -0.2) is 47.9 Å². The molecule has 0 saturated carbocycles. The molecule has 1 aromatic rings. The molecular formula is C18H17F2NO8. The number of carbonyl (C=O) groups excluding carboxylic acids is 3. The van der Waals surface area contributed by atoms with Gasteiger partial charge in [0.15, 0.2) is 17.4 Å². The molecule has 2 atom stereocenters. The summed E-state index contributed by atoms with van der Waals surface area (Å²) in [6, 6.07) is 3.03. The van der Waals surface area contributed by atoms with Crippen LogP contribution in [0.25, 0.3) is 0 Å². The van der Waals surface area contributed by atoms with E-state index in [9.17, 15) is 33.1 Å². The summed E-state index contributed by atoms with van der Waals surface area (Å²) in [6.45, 7) is 1.61.